The number of ether oxygens (including phenoxy) is 2. The van der Waals surface area contributed by atoms with Crippen LogP contribution in [0.5, 0.6) is 0 Å². The first-order valence-electron chi connectivity index (χ1n) is 24.8. The summed E-state index contributed by atoms with van der Waals surface area (Å²) in [4.78, 5) is 35.6. The molecule has 17 nitrogen and oxygen atoms in total. The van der Waals surface area contributed by atoms with Crippen molar-refractivity contribution in [2.45, 2.75) is 161 Å². The molecule has 3 aliphatic carbocycles. The third kappa shape index (κ3) is 13.0. The van der Waals surface area contributed by atoms with Gasteiger partial charge in [0.25, 0.3) is 9.84 Å². The second kappa shape index (κ2) is 22.6. The minimum Gasteiger partial charge on any atom is -0.447 e. The van der Waals surface area contributed by atoms with Gasteiger partial charge in [0.15, 0.2) is 11.6 Å². The van der Waals surface area contributed by atoms with Gasteiger partial charge in [-0.15, -0.1) is 22.7 Å². The summed E-state index contributed by atoms with van der Waals surface area (Å²) in [5, 5.41) is 28.3. The van der Waals surface area contributed by atoms with Crippen LogP contribution in [0.1, 0.15) is 125 Å². The first kappa shape index (κ1) is 53.0. The predicted molar refractivity (Wildman–Crippen MR) is 278 cm³/mol. The molecule has 0 spiro atoms. The average molecular weight is 1100 g/mol. The van der Waals surface area contributed by atoms with Gasteiger partial charge in [-0.25, -0.2) is 28.0 Å². The molecule has 6 aromatic rings. The molecule has 2 amide bonds. The van der Waals surface area contributed by atoms with E-state index in [2.05, 4.69) is 46.6 Å². The minimum atomic E-state index is -5.72. The minimum absolute atomic E-state index is 0.0243. The molecule has 24 heteroatoms. The summed E-state index contributed by atoms with van der Waals surface area (Å²) in [6.07, 6.45) is 10.9. The van der Waals surface area contributed by atoms with Crippen LogP contribution in [0.25, 0.3) is 20.9 Å². The van der Waals surface area contributed by atoms with Gasteiger partial charge in [0.2, 0.25) is 0 Å². The number of hydrogen-bond donors (Lipinski definition) is 6. The summed E-state index contributed by atoms with van der Waals surface area (Å²) < 4.78 is 92.1. The Morgan fingerprint density at radius 2 is 1.28 bits per heavy atom. The molecule has 4 aromatic heterocycles. The van der Waals surface area contributed by atoms with E-state index >= 15 is 0 Å². The fourth-order valence-corrected chi connectivity index (χ4v) is 14.2. The monoisotopic (exact) mass is 1100 g/mol. The SMILES string of the molecule is Cc1cc(Nc2ccc(-c3cnc(C4CCC(NC(=O)OC(C)CCc5cc(Nc6ccc(-c7cnc(C8CCC(NC(=O)OC(C)C)CC8)s7)c(S(=O)C7CC7)c6)n[nH]5)CC4)s3)c(S(=O)(=O)C(F)(F)F)c2)n[nH]1. The maximum atomic E-state index is 13.9. The molecule has 2 aromatic carbocycles. The lowest BCUT2D eigenvalue weighted by Crippen LogP contribution is -2.39. The largest absolute Gasteiger partial charge is 0.501 e. The number of benzene rings is 2. The van der Waals surface area contributed by atoms with Crippen LogP contribution in [0.15, 0.2) is 70.7 Å². The number of carbonyl (C=O) groups is 2. The fourth-order valence-electron chi connectivity index (χ4n) is 9.30. The molecular formula is C50H59F3N10O7S4. The molecule has 9 rings (SSSR count). The van der Waals surface area contributed by atoms with Crippen molar-refractivity contribution in [2.24, 2.45) is 0 Å². The van der Waals surface area contributed by atoms with E-state index in [1.165, 1.54) is 18.3 Å². The van der Waals surface area contributed by atoms with Crippen LogP contribution in [0.2, 0.25) is 0 Å². The van der Waals surface area contributed by atoms with Crippen LogP contribution >= 0.6 is 22.7 Å². The second-order valence-electron chi connectivity index (χ2n) is 19.6. The lowest BCUT2D eigenvalue weighted by molar-refractivity contribution is -0.0435. The number of carbonyl (C=O) groups excluding carboxylic acids is 2. The van der Waals surface area contributed by atoms with Crippen molar-refractivity contribution in [3.05, 3.63) is 82.3 Å². The summed E-state index contributed by atoms with van der Waals surface area (Å²) in [7, 11) is -6.91. The van der Waals surface area contributed by atoms with Crippen LogP contribution < -0.4 is 21.3 Å². The third-order valence-corrected chi connectivity index (χ3v) is 19.1. The van der Waals surface area contributed by atoms with Gasteiger partial charge in [-0.05, 0) is 129 Å². The average Bonchev–Trinajstić information content (AvgIpc) is 3.71. The van der Waals surface area contributed by atoms with Gasteiger partial charge < -0.3 is 30.7 Å². The van der Waals surface area contributed by atoms with Crippen molar-refractivity contribution >= 4 is 78.5 Å². The number of nitrogens with one attached hydrogen (secondary N) is 6. The standard InChI is InChI=1S/C50H59F3N10O7S4/c1-27(2)69-48(64)58-32-11-6-30(7-12-32)46-54-25-40(71-46)38-19-15-34(22-42(38)73(66)37-17-18-37)56-45-24-36(61-63-45)10-5-29(4)70-49(65)59-33-13-8-31(9-14-33)47-55-26-41(72-47)39-20-16-35(57-44-21-28(3)60-62-44)23-43(39)74(67,68)50(51,52)53/h15-16,19-27,29-33,37H,5-14,17-18H2,1-4H3,(H,58,64)(H,59,65)(H2,56,61,63)(H2,57,60,62). The predicted octanol–water partition coefficient (Wildman–Crippen LogP) is 11.7. The number of rotatable bonds is 18. The van der Waals surface area contributed by atoms with Gasteiger partial charge in [-0.1, -0.05) is 12.1 Å². The van der Waals surface area contributed by atoms with Crippen molar-refractivity contribution in [1.82, 2.24) is 41.0 Å². The molecule has 6 N–H and O–H groups in total. The number of aromatic nitrogens is 6. The Bertz CT molecular complexity index is 3080. The van der Waals surface area contributed by atoms with Gasteiger partial charge in [0.05, 0.1) is 41.6 Å². The number of nitrogens with zero attached hydrogens (tertiary/aromatic N) is 4. The molecule has 2 atom stereocenters. The lowest BCUT2D eigenvalue weighted by atomic mass is 9.86. The molecule has 0 aliphatic heterocycles. The summed E-state index contributed by atoms with van der Waals surface area (Å²) in [5.74, 6) is 1.19. The van der Waals surface area contributed by atoms with Gasteiger partial charge in [0, 0.05) is 92.5 Å². The van der Waals surface area contributed by atoms with E-state index in [1.54, 1.807) is 24.3 Å². The molecular weight excluding hydrogens is 1040 g/mol. The zero-order chi connectivity index (χ0) is 52.3. The van der Waals surface area contributed by atoms with Crippen molar-refractivity contribution in [3.8, 4) is 20.9 Å². The van der Waals surface area contributed by atoms with E-state index in [4.69, 9.17) is 14.5 Å². The molecule has 3 aliphatic rings. The Morgan fingerprint density at radius 1 is 0.743 bits per heavy atom. The highest BCUT2D eigenvalue weighted by atomic mass is 32.2. The van der Waals surface area contributed by atoms with Gasteiger partial charge in [-0.3, -0.25) is 14.4 Å². The van der Waals surface area contributed by atoms with Crippen molar-refractivity contribution in [1.29, 1.82) is 0 Å². The molecule has 0 radical (unpaired) electrons. The molecule has 0 bridgehead atoms. The fraction of sp³-hybridized carbons (Fsp3) is 0.480. The highest BCUT2D eigenvalue weighted by molar-refractivity contribution is 7.92. The van der Waals surface area contributed by atoms with Gasteiger partial charge in [-0.2, -0.15) is 23.4 Å². The first-order valence-corrected chi connectivity index (χ1v) is 29.1. The zero-order valence-corrected chi connectivity index (χ0v) is 44.5. The topological polar surface area (TPSA) is 235 Å². The van der Waals surface area contributed by atoms with Crippen LogP contribution in [0.3, 0.4) is 0 Å². The maximum Gasteiger partial charge on any atom is 0.501 e. The number of alkyl halides is 3. The highest BCUT2D eigenvalue weighted by Crippen LogP contribution is 2.44. The maximum absolute atomic E-state index is 13.9. The highest BCUT2D eigenvalue weighted by Gasteiger charge is 2.48. The number of anilines is 4. The number of thiazole rings is 2. The number of amides is 2. The molecule has 4 heterocycles. The van der Waals surface area contributed by atoms with Gasteiger partial charge >= 0.3 is 17.7 Å². The molecule has 74 heavy (non-hydrogen) atoms. The number of hydrogen-bond acceptors (Lipinski definition) is 15. The Labute approximate surface area is 437 Å². The van der Waals surface area contributed by atoms with Crippen LogP contribution in [-0.4, -0.2) is 90.2 Å². The number of alkyl carbamates (subject to hydrolysis) is 2. The van der Waals surface area contributed by atoms with E-state index in [9.17, 15) is 35.4 Å². The zero-order valence-electron chi connectivity index (χ0n) is 41.2. The second-order valence-corrected chi connectivity index (χ2v) is 25.3. The Kier molecular flexibility index (Phi) is 16.1. The number of aromatic amines is 2. The summed E-state index contributed by atoms with van der Waals surface area (Å²) in [6.45, 7) is 7.24. The normalized spacial score (nSPS) is 20.2. The van der Waals surface area contributed by atoms with Crippen molar-refractivity contribution in [2.75, 3.05) is 10.6 Å². The Hall–Kier alpha value is -5.85. The quantitative estimate of drug-likeness (QED) is 0.0470. The van der Waals surface area contributed by atoms with E-state index in [1.807, 2.05) is 51.2 Å². The number of halogens is 3. The smallest absolute Gasteiger partial charge is 0.447 e. The summed E-state index contributed by atoms with van der Waals surface area (Å²) in [6, 6.07) is 13.2. The van der Waals surface area contributed by atoms with Gasteiger partial charge in [0.1, 0.15) is 6.10 Å². The van der Waals surface area contributed by atoms with Crippen LogP contribution in [0, 0.1) is 6.92 Å². The van der Waals surface area contributed by atoms with Crippen molar-refractivity contribution < 1.29 is 44.9 Å². The molecule has 2 unspecified atom stereocenters. The van der Waals surface area contributed by atoms with Crippen molar-refractivity contribution in [3.63, 3.8) is 0 Å². The molecule has 3 fully saturated rings. The third-order valence-electron chi connectivity index (χ3n) is 13.3. The van der Waals surface area contributed by atoms with Crippen LogP contribution in [-0.2, 0) is 36.5 Å². The van der Waals surface area contributed by atoms with E-state index in [0.717, 1.165) is 87.7 Å². The summed E-state index contributed by atoms with van der Waals surface area (Å²) >= 11 is 2.80. The number of sulfone groups is 1. The number of H-pyrrole nitrogens is 2. The number of aryl methyl sites for hydroxylation is 2. The molecule has 0 saturated heterocycles. The van der Waals surface area contributed by atoms with E-state index in [0.29, 0.717) is 71.7 Å². The van der Waals surface area contributed by atoms with E-state index in [-0.39, 0.29) is 46.7 Å². The Morgan fingerprint density at radius 3 is 1.84 bits per heavy atom. The first-order chi connectivity index (χ1) is 35.3. The van der Waals surface area contributed by atoms with E-state index < -0.39 is 43.2 Å². The summed E-state index contributed by atoms with van der Waals surface area (Å²) in [5.41, 5.74) is -2.26. The molecule has 396 valence electrons. The Balaban J connectivity index is 0.738. The molecule has 3 saturated carbocycles. The lowest BCUT2D eigenvalue weighted by Gasteiger charge is -2.28. The van der Waals surface area contributed by atoms with Crippen LogP contribution in [0.4, 0.5) is 45.8 Å².